The summed E-state index contributed by atoms with van der Waals surface area (Å²) in [7, 11) is 0. The van der Waals surface area contributed by atoms with Crippen molar-refractivity contribution in [3.8, 4) is 17.0 Å². The van der Waals surface area contributed by atoms with Crippen LogP contribution in [-0.2, 0) is 16.0 Å². The number of hydrogen-bond donors (Lipinski definition) is 1. The van der Waals surface area contributed by atoms with Crippen molar-refractivity contribution in [2.24, 2.45) is 5.92 Å². The third-order valence-electron chi connectivity index (χ3n) is 5.22. The predicted molar refractivity (Wildman–Crippen MR) is 133 cm³/mol. The van der Waals surface area contributed by atoms with Crippen LogP contribution in [0.2, 0.25) is 0 Å². The van der Waals surface area contributed by atoms with Crippen molar-refractivity contribution >= 4 is 23.0 Å². The van der Waals surface area contributed by atoms with Crippen LogP contribution in [-0.4, -0.2) is 28.7 Å². The van der Waals surface area contributed by atoms with E-state index in [-0.39, 0.29) is 17.1 Å². The Balaban J connectivity index is 1.95. The molecule has 0 aliphatic heterocycles. The standard InChI is InChI=1S/C27H32N2O6/c1-7-10-17-13-18-22(33-15-19(24(18)30)20-11-8-9-12-28-20)14-21(17)34-25(31)23(16(2)3)29-26(32)35-27(4,5)6/h8-9,11-16,23H,7,10H2,1-6H3,(H,29,32). The topological polar surface area (TPSA) is 108 Å². The van der Waals surface area contributed by atoms with Crippen LogP contribution >= 0.6 is 0 Å². The largest absolute Gasteiger partial charge is 0.463 e. The second-order valence-electron chi connectivity index (χ2n) is 9.69. The van der Waals surface area contributed by atoms with E-state index in [9.17, 15) is 14.4 Å². The molecule has 0 fully saturated rings. The first-order valence-electron chi connectivity index (χ1n) is 11.7. The third-order valence-corrected chi connectivity index (χ3v) is 5.22. The number of nitrogens with zero attached hydrogens (tertiary/aromatic N) is 1. The molecule has 1 unspecified atom stereocenters. The highest BCUT2D eigenvalue weighted by Gasteiger charge is 2.29. The van der Waals surface area contributed by atoms with Crippen molar-refractivity contribution in [3.05, 3.63) is 58.6 Å². The number of carbonyl (C=O) groups excluding carboxylic acids is 2. The number of aromatic nitrogens is 1. The fraction of sp³-hybridized carbons (Fsp3) is 0.407. The number of alkyl carbamates (subject to hydrolysis) is 1. The zero-order valence-electron chi connectivity index (χ0n) is 21.0. The lowest BCUT2D eigenvalue weighted by atomic mass is 10.0. The molecule has 35 heavy (non-hydrogen) atoms. The molecular formula is C27H32N2O6. The minimum absolute atomic E-state index is 0.216. The van der Waals surface area contributed by atoms with Gasteiger partial charge >= 0.3 is 12.1 Å². The number of benzene rings is 1. The van der Waals surface area contributed by atoms with Crippen LogP contribution in [0, 0.1) is 5.92 Å². The summed E-state index contributed by atoms with van der Waals surface area (Å²) in [6.07, 6.45) is 3.62. The third kappa shape index (κ3) is 6.47. The molecule has 8 heteroatoms. The van der Waals surface area contributed by atoms with E-state index in [1.807, 2.05) is 6.92 Å². The Morgan fingerprint density at radius 3 is 2.51 bits per heavy atom. The fourth-order valence-corrected chi connectivity index (χ4v) is 3.56. The molecule has 2 heterocycles. The number of esters is 1. The molecule has 0 aliphatic rings. The Hall–Kier alpha value is -3.68. The summed E-state index contributed by atoms with van der Waals surface area (Å²) in [6, 6.07) is 7.64. The maximum Gasteiger partial charge on any atom is 0.408 e. The number of hydrogen-bond acceptors (Lipinski definition) is 7. The smallest absolute Gasteiger partial charge is 0.408 e. The maximum absolute atomic E-state index is 13.2. The Morgan fingerprint density at radius 2 is 1.91 bits per heavy atom. The van der Waals surface area contributed by atoms with E-state index < -0.39 is 23.7 Å². The summed E-state index contributed by atoms with van der Waals surface area (Å²) in [4.78, 5) is 42.7. The molecule has 3 rings (SSSR count). The Bertz CT molecular complexity index is 1260. The van der Waals surface area contributed by atoms with E-state index >= 15 is 0 Å². The molecule has 0 bridgehead atoms. The van der Waals surface area contributed by atoms with Gasteiger partial charge in [0.2, 0.25) is 5.43 Å². The predicted octanol–water partition coefficient (Wildman–Crippen LogP) is 5.26. The number of rotatable bonds is 7. The van der Waals surface area contributed by atoms with Crippen molar-refractivity contribution in [2.75, 3.05) is 0 Å². The van der Waals surface area contributed by atoms with Gasteiger partial charge in [-0.2, -0.15) is 0 Å². The summed E-state index contributed by atoms with van der Waals surface area (Å²) in [6.45, 7) is 10.8. The fourth-order valence-electron chi connectivity index (χ4n) is 3.56. The van der Waals surface area contributed by atoms with E-state index in [0.717, 1.165) is 6.42 Å². The van der Waals surface area contributed by atoms with Gasteiger partial charge in [0.05, 0.1) is 16.6 Å². The first-order valence-corrected chi connectivity index (χ1v) is 11.7. The molecule has 0 aliphatic carbocycles. The van der Waals surface area contributed by atoms with Gasteiger partial charge in [-0.1, -0.05) is 33.3 Å². The van der Waals surface area contributed by atoms with E-state index in [4.69, 9.17) is 13.9 Å². The quantitative estimate of drug-likeness (QED) is 0.363. The Kier molecular flexibility index (Phi) is 7.94. The van der Waals surface area contributed by atoms with Crippen LogP contribution in [0.4, 0.5) is 4.79 Å². The first kappa shape index (κ1) is 25.9. The lowest BCUT2D eigenvalue weighted by Gasteiger charge is -2.25. The lowest BCUT2D eigenvalue weighted by molar-refractivity contribution is -0.138. The summed E-state index contributed by atoms with van der Waals surface area (Å²) >= 11 is 0. The van der Waals surface area contributed by atoms with E-state index in [1.54, 1.807) is 71.1 Å². The number of fused-ring (bicyclic) bond motifs is 1. The molecular weight excluding hydrogens is 448 g/mol. The molecule has 1 aromatic carbocycles. The van der Waals surface area contributed by atoms with Crippen molar-refractivity contribution in [1.29, 1.82) is 0 Å². The van der Waals surface area contributed by atoms with Gasteiger partial charge in [-0.25, -0.2) is 9.59 Å². The Morgan fingerprint density at radius 1 is 1.17 bits per heavy atom. The number of ether oxygens (including phenoxy) is 2. The van der Waals surface area contributed by atoms with Gasteiger partial charge in [0.15, 0.2) is 0 Å². The van der Waals surface area contributed by atoms with Crippen LogP contribution < -0.4 is 15.5 Å². The molecule has 186 valence electrons. The molecule has 0 saturated carbocycles. The van der Waals surface area contributed by atoms with Crippen LogP contribution in [0.25, 0.3) is 22.2 Å². The summed E-state index contributed by atoms with van der Waals surface area (Å²) < 4.78 is 16.8. The highest BCUT2D eigenvalue weighted by atomic mass is 16.6. The van der Waals surface area contributed by atoms with E-state index in [0.29, 0.717) is 34.2 Å². The van der Waals surface area contributed by atoms with E-state index in [1.165, 1.54) is 6.26 Å². The van der Waals surface area contributed by atoms with Gasteiger partial charge in [-0.15, -0.1) is 0 Å². The average molecular weight is 481 g/mol. The molecule has 8 nitrogen and oxygen atoms in total. The van der Waals surface area contributed by atoms with Crippen molar-refractivity contribution in [2.45, 2.75) is 66.0 Å². The van der Waals surface area contributed by atoms with Gasteiger partial charge in [-0.3, -0.25) is 9.78 Å². The van der Waals surface area contributed by atoms with E-state index in [2.05, 4.69) is 10.3 Å². The number of pyridine rings is 1. The summed E-state index contributed by atoms with van der Waals surface area (Å²) in [5.41, 5.74) is 0.938. The molecule has 1 atom stereocenters. The number of aryl methyl sites for hydroxylation is 1. The van der Waals surface area contributed by atoms with Gasteiger partial charge in [0, 0.05) is 12.3 Å². The van der Waals surface area contributed by atoms with Gasteiger partial charge in [-0.05, 0) is 56.9 Å². The van der Waals surface area contributed by atoms with Crippen LogP contribution in [0.3, 0.4) is 0 Å². The lowest BCUT2D eigenvalue weighted by Crippen LogP contribution is -2.48. The number of carbonyl (C=O) groups is 2. The van der Waals surface area contributed by atoms with Crippen molar-refractivity contribution in [1.82, 2.24) is 10.3 Å². The molecule has 1 amide bonds. The van der Waals surface area contributed by atoms with Gasteiger partial charge in [0.25, 0.3) is 0 Å². The van der Waals surface area contributed by atoms with Crippen LogP contribution in [0.1, 0.15) is 53.5 Å². The SMILES string of the molecule is CCCc1cc2c(=O)c(-c3ccccn3)coc2cc1OC(=O)C(NC(=O)OC(C)(C)C)C(C)C. The second kappa shape index (κ2) is 10.7. The minimum atomic E-state index is -0.923. The van der Waals surface area contributed by atoms with Crippen LogP contribution in [0.5, 0.6) is 5.75 Å². The van der Waals surface area contributed by atoms with Crippen molar-refractivity contribution < 1.29 is 23.5 Å². The Labute approximate surface area is 204 Å². The molecule has 3 aromatic rings. The van der Waals surface area contributed by atoms with Gasteiger partial charge in [0.1, 0.15) is 29.2 Å². The zero-order chi connectivity index (χ0) is 25.8. The second-order valence-corrected chi connectivity index (χ2v) is 9.69. The molecule has 0 spiro atoms. The maximum atomic E-state index is 13.2. The highest BCUT2D eigenvalue weighted by molar-refractivity contribution is 5.86. The van der Waals surface area contributed by atoms with Gasteiger partial charge < -0.3 is 19.2 Å². The average Bonchev–Trinajstić information content (AvgIpc) is 2.78. The normalized spacial score (nSPS) is 12.4. The molecule has 0 saturated heterocycles. The molecule has 0 radical (unpaired) electrons. The number of amides is 1. The number of nitrogens with one attached hydrogen (secondary N) is 1. The summed E-state index contributed by atoms with van der Waals surface area (Å²) in [5, 5.41) is 2.98. The first-order chi connectivity index (χ1) is 16.5. The molecule has 2 aromatic heterocycles. The monoisotopic (exact) mass is 480 g/mol. The minimum Gasteiger partial charge on any atom is -0.463 e. The van der Waals surface area contributed by atoms with Crippen molar-refractivity contribution in [3.63, 3.8) is 0 Å². The molecule has 1 N–H and O–H groups in total. The van der Waals surface area contributed by atoms with Crippen LogP contribution in [0.15, 0.2) is 52.0 Å². The summed E-state index contributed by atoms with van der Waals surface area (Å²) in [5.74, 6) is -0.589. The highest BCUT2D eigenvalue weighted by Crippen LogP contribution is 2.28. The zero-order valence-corrected chi connectivity index (χ0v) is 21.0.